The summed E-state index contributed by atoms with van der Waals surface area (Å²) in [7, 11) is 3.03. The highest BCUT2D eigenvalue weighted by atomic mass is 16.7. The first kappa shape index (κ1) is 54.7. The number of alkyl carbamates (subject to hydrolysis) is 1. The van der Waals surface area contributed by atoms with Crippen LogP contribution in [0.15, 0.2) is 138 Å². The number of anilines is 1. The molecule has 84 heavy (non-hydrogen) atoms. The molecule has 5 heterocycles. The highest BCUT2D eigenvalue weighted by molar-refractivity contribution is 6.07. The predicted octanol–water partition coefficient (Wildman–Crippen LogP) is 10.2. The molecule has 5 aliphatic heterocycles. The number of methoxy groups -OCH3 is 2. The zero-order valence-corrected chi connectivity index (χ0v) is 46.9. The maximum atomic E-state index is 14.2. The normalized spacial score (nSPS) is 17.5. The number of carbonyl (C=O) groups excluding carboxylic acids is 5. The van der Waals surface area contributed by atoms with Crippen LogP contribution in [0.4, 0.5) is 21.9 Å². The number of carbonyl (C=O) groups is 5. The minimum Gasteiger partial charge on any atom is -0.493 e. The first-order valence-corrected chi connectivity index (χ1v) is 27.9. The average molecular weight is 1130 g/mol. The van der Waals surface area contributed by atoms with Gasteiger partial charge in [0.25, 0.3) is 11.8 Å². The maximum absolute atomic E-state index is 14.2. The van der Waals surface area contributed by atoms with Crippen molar-refractivity contribution in [3.8, 4) is 45.6 Å². The van der Waals surface area contributed by atoms with Crippen molar-refractivity contribution in [2.24, 2.45) is 15.9 Å². The molecule has 0 radical (unpaired) electrons. The van der Waals surface area contributed by atoms with Crippen molar-refractivity contribution in [3.05, 3.63) is 161 Å². The summed E-state index contributed by atoms with van der Waals surface area (Å²) in [4.78, 5) is 81.0. The van der Waals surface area contributed by atoms with Gasteiger partial charge >= 0.3 is 6.09 Å². The van der Waals surface area contributed by atoms with E-state index >= 15 is 0 Å². The third-order valence-corrected chi connectivity index (χ3v) is 15.8. The number of hydrogen-bond donors (Lipinski definition) is 3. The number of benzene rings is 6. The number of nitrogens with one attached hydrogen (secondary N) is 3. The largest absolute Gasteiger partial charge is 0.493 e. The van der Waals surface area contributed by atoms with Crippen LogP contribution in [0.5, 0.6) is 34.5 Å². The van der Waals surface area contributed by atoms with Gasteiger partial charge in [0.2, 0.25) is 18.6 Å². The smallest absolute Gasteiger partial charge is 0.407 e. The van der Waals surface area contributed by atoms with Gasteiger partial charge < -0.3 is 58.9 Å². The Bertz CT molecular complexity index is 3710. The average Bonchev–Trinajstić information content (AvgIpc) is 2.51. The molecule has 6 aromatic rings. The zero-order valence-electron chi connectivity index (χ0n) is 46.9. The lowest BCUT2D eigenvalue weighted by Gasteiger charge is -2.24. The van der Waals surface area contributed by atoms with E-state index in [9.17, 15) is 24.0 Å². The van der Waals surface area contributed by atoms with Gasteiger partial charge in [-0.3, -0.25) is 29.2 Å². The molecule has 0 saturated heterocycles. The van der Waals surface area contributed by atoms with Crippen LogP contribution in [0.25, 0.3) is 22.3 Å². The fourth-order valence-corrected chi connectivity index (χ4v) is 11.4. The van der Waals surface area contributed by atoms with Crippen LogP contribution >= 0.6 is 0 Å². The van der Waals surface area contributed by atoms with E-state index in [1.54, 1.807) is 79.4 Å². The molecule has 6 aliphatic rings. The summed E-state index contributed by atoms with van der Waals surface area (Å²) in [6.45, 7) is 5.96. The second-order valence-electron chi connectivity index (χ2n) is 21.5. The second-order valence-corrected chi connectivity index (χ2v) is 21.5. The van der Waals surface area contributed by atoms with E-state index in [2.05, 4.69) is 28.1 Å². The number of hydrogen-bond acceptors (Lipinski definition) is 14. The lowest BCUT2D eigenvalue weighted by atomic mass is 9.98. The van der Waals surface area contributed by atoms with Crippen LogP contribution in [0.3, 0.4) is 0 Å². The van der Waals surface area contributed by atoms with Gasteiger partial charge in [-0.15, -0.1) is 0 Å². The van der Waals surface area contributed by atoms with Crippen LogP contribution in [0.2, 0.25) is 0 Å². The van der Waals surface area contributed by atoms with E-state index in [4.69, 9.17) is 43.1 Å². The van der Waals surface area contributed by atoms with Crippen LogP contribution in [0, 0.1) is 5.92 Å². The van der Waals surface area contributed by atoms with Crippen molar-refractivity contribution in [3.63, 3.8) is 0 Å². The Balaban J connectivity index is 0.616. The van der Waals surface area contributed by atoms with E-state index in [1.807, 2.05) is 79.1 Å². The highest BCUT2D eigenvalue weighted by Crippen LogP contribution is 2.46. The molecule has 12 rings (SSSR count). The monoisotopic (exact) mass is 1130 g/mol. The SMILES string of the molecule is COc1cc2c(cc1OCCCOc1cc3c(cc1OC)C(=O)N1C=C(c4ccc5c(c4)OCO5)C[C@H]1C=N3)N=CC1CC(c3ccc(NC(=O)[C@H](C)NC(=O)[C@@H](NC(=O)OCC4c5ccccc5-c5ccccc54)C(C)C)cc3)=CN1C2=O. The van der Waals surface area contributed by atoms with E-state index in [0.717, 1.165) is 44.5 Å². The molecule has 1 aliphatic carbocycles. The Labute approximate surface area is 484 Å². The molecule has 19 nitrogen and oxygen atoms in total. The summed E-state index contributed by atoms with van der Waals surface area (Å²) in [6.07, 6.45) is 8.06. The highest BCUT2D eigenvalue weighted by Gasteiger charge is 2.37. The first-order chi connectivity index (χ1) is 40.8. The summed E-state index contributed by atoms with van der Waals surface area (Å²) in [5.74, 6) is 1.12. The maximum Gasteiger partial charge on any atom is 0.407 e. The quantitative estimate of drug-likeness (QED) is 0.0685. The van der Waals surface area contributed by atoms with Gasteiger partial charge in [-0.05, 0) is 93.8 Å². The molecule has 0 bridgehead atoms. The van der Waals surface area contributed by atoms with Crippen LogP contribution in [0.1, 0.15) is 88.9 Å². The Morgan fingerprint density at radius 1 is 0.619 bits per heavy atom. The van der Waals surface area contributed by atoms with Crippen LogP contribution < -0.4 is 44.4 Å². The molecule has 0 aromatic heterocycles. The van der Waals surface area contributed by atoms with Crippen molar-refractivity contribution in [2.75, 3.05) is 46.1 Å². The van der Waals surface area contributed by atoms with Gasteiger partial charge in [-0.25, -0.2) is 4.79 Å². The van der Waals surface area contributed by atoms with Gasteiger partial charge in [0.05, 0.1) is 62.0 Å². The molecule has 1 unspecified atom stereocenters. The van der Waals surface area contributed by atoms with Crippen LogP contribution in [-0.4, -0.2) is 117 Å². The summed E-state index contributed by atoms with van der Waals surface area (Å²) in [6, 6.07) is 33.3. The van der Waals surface area contributed by atoms with Gasteiger partial charge in [0.15, 0.2) is 34.5 Å². The number of amides is 5. The van der Waals surface area contributed by atoms with Crippen molar-refractivity contribution in [1.82, 2.24) is 20.4 Å². The van der Waals surface area contributed by atoms with Crippen molar-refractivity contribution >= 4 is 70.4 Å². The molecular formula is C65H61N7O12. The van der Waals surface area contributed by atoms with Gasteiger partial charge in [-0.1, -0.05) is 80.6 Å². The number of aliphatic imine (C=N–C) groups is 2. The van der Waals surface area contributed by atoms with Crippen LogP contribution in [-0.2, 0) is 14.3 Å². The molecule has 19 heteroatoms. The summed E-state index contributed by atoms with van der Waals surface area (Å²) in [5.41, 5.74) is 10.2. The summed E-state index contributed by atoms with van der Waals surface area (Å²) in [5, 5.41) is 8.32. The van der Waals surface area contributed by atoms with Gasteiger partial charge in [0.1, 0.15) is 18.7 Å². The van der Waals surface area contributed by atoms with E-state index in [-0.39, 0.29) is 62.3 Å². The number of nitrogens with zero attached hydrogens (tertiary/aromatic N) is 4. The van der Waals surface area contributed by atoms with E-state index in [0.29, 0.717) is 81.9 Å². The van der Waals surface area contributed by atoms with Crippen molar-refractivity contribution in [2.45, 2.75) is 70.1 Å². The fraction of sp³-hybridized carbons (Fsp3) is 0.277. The molecule has 0 saturated carbocycles. The molecule has 4 atom stereocenters. The van der Waals surface area contributed by atoms with Gasteiger partial charge in [0, 0.05) is 67.8 Å². The molecule has 0 spiro atoms. The Morgan fingerprint density at radius 2 is 1.17 bits per heavy atom. The molecule has 428 valence electrons. The minimum absolute atomic E-state index is 0.0990. The molecular weight excluding hydrogens is 1070 g/mol. The summed E-state index contributed by atoms with van der Waals surface area (Å²) >= 11 is 0. The molecule has 0 fully saturated rings. The fourth-order valence-electron chi connectivity index (χ4n) is 11.4. The van der Waals surface area contributed by atoms with E-state index in [1.165, 1.54) is 14.2 Å². The molecule has 6 aromatic carbocycles. The number of rotatable bonds is 18. The van der Waals surface area contributed by atoms with Crippen molar-refractivity contribution < 1.29 is 57.1 Å². The van der Waals surface area contributed by atoms with Gasteiger partial charge in [-0.2, -0.15) is 0 Å². The topological polar surface area (TPSA) is 217 Å². The third kappa shape index (κ3) is 10.8. The third-order valence-electron chi connectivity index (χ3n) is 15.8. The number of fused-ring (bicyclic) bond motifs is 8. The molecule has 5 amide bonds. The Hall–Kier alpha value is -9.91. The predicted molar refractivity (Wildman–Crippen MR) is 315 cm³/mol. The standard InChI is InChI=1S/C65H61N7O12/c1-36(2)60(70-65(77)82-34-51-47-13-8-6-11-45(47)46-12-7-9-14-48(46)51)62(74)68-37(3)61(73)69-42-18-15-38(16-19-42)40-23-43-30-66-52-28-58(55(78-4)26-49(52)63(75)71(43)32-40)80-21-10-22-81-59-29-53-50(27-56(59)79-5)64(76)72-33-41(24-44(72)31-67-53)39-17-20-54-57(25-39)84-35-83-54/h6-9,11-20,25-33,36-37,43-44,51,60H,10,21-24,34-35H2,1-5H3,(H,68,74)(H,69,73)(H,70,77)/t37-,43?,44-,60-/m0/s1. The minimum atomic E-state index is -0.957. The molecule has 3 N–H and O–H groups in total. The summed E-state index contributed by atoms with van der Waals surface area (Å²) < 4.78 is 40.5. The second kappa shape index (κ2) is 23.2. The lowest BCUT2D eigenvalue weighted by Crippen LogP contribution is -2.53. The van der Waals surface area contributed by atoms with E-state index < -0.39 is 30.0 Å². The first-order valence-electron chi connectivity index (χ1n) is 27.9. The lowest BCUT2D eigenvalue weighted by molar-refractivity contribution is -0.128. The number of ether oxygens (including phenoxy) is 7. The van der Waals surface area contributed by atoms with Crippen molar-refractivity contribution in [1.29, 1.82) is 0 Å². The Morgan fingerprint density at radius 3 is 1.74 bits per heavy atom. The Kier molecular flexibility index (Phi) is 15.1. The zero-order chi connectivity index (χ0) is 58.2.